The molecule has 3 saturated heterocycles. The van der Waals surface area contributed by atoms with E-state index >= 15 is 0 Å². The van der Waals surface area contributed by atoms with E-state index in [-0.39, 0.29) is 29.8 Å². The monoisotopic (exact) mass is 414 g/mol. The Kier molecular flexibility index (Phi) is 4.99. The molecule has 2 bridgehead atoms. The van der Waals surface area contributed by atoms with Crippen LogP contribution < -0.4 is 10.2 Å². The minimum atomic E-state index is -0.379. The summed E-state index contributed by atoms with van der Waals surface area (Å²) in [6, 6.07) is -0.212. The average molecular weight is 415 g/mol. The molecule has 8 nitrogen and oxygen atoms in total. The molecule has 0 aliphatic carbocycles. The Hall–Kier alpha value is -2.42. The third kappa shape index (κ3) is 3.52. The van der Waals surface area contributed by atoms with E-state index in [0.29, 0.717) is 18.9 Å². The zero-order valence-electron chi connectivity index (χ0n) is 16.3. The second kappa shape index (κ2) is 7.78. The van der Waals surface area contributed by atoms with Crippen molar-refractivity contribution in [2.24, 2.45) is 11.8 Å². The molecule has 3 fully saturated rings. The second-order valence-corrected chi connectivity index (χ2v) is 9.20. The highest BCUT2D eigenvalue weighted by Crippen LogP contribution is 2.42. The summed E-state index contributed by atoms with van der Waals surface area (Å²) in [6.07, 6.45) is 9.66. The topological polar surface area (TPSA) is 94.2 Å². The minimum Gasteiger partial charge on any atom is -0.354 e. The van der Waals surface area contributed by atoms with E-state index in [1.54, 1.807) is 17.5 Å². The van der Waals surface area contributed by atoms with Gasteiger partial charge < -0.3 is 15.1 Å². The highest BCUT2D eigenvalue weighted by molar-refractivity contribution is 7.13. The Morgan fingerprint density at radius 2 is 2.24 bits per heavy atom. The molecule has 2 N–H and O–H groups in total. The molecule has 4 atom stereocenters. The first-order chi connectivity index (χ1) is 14.2. The molecule has 0 radical (unpaired) electrons. The number of hydrogen-bond donors (Lipinski definition) is 2. The maximum Gasteiger partial charge on any atom is 0.243 e. The van der Waals surface area contributed by atoms with Gasteiger partial charge in [0, 0.05) is 55.8 Å². The first-order valence-corrected chi connectivity index (χ1v) is 11.3. The Morgan fingerprint density at radius 3 is 3.03 bits per heavy atom. The molecule has 3 aliphatic heterocycles. The Balaban J connectivity index is 1.35. The molecule has 5 rings (SSSR count). The van der Waals surface area contributed by atoms with Crippen molar-refractivity contribution >= 4 is 28.3 Å². The summed E-state index contributed by atoms with van der Waals surface area (Å²) in [5.74, 6) is 0.688. The van der Waals surface area contributed by atoms with Gasteiger partial charge in [-0.05, 0) is 37.2 Å². The fourth-order valence-corrected chi connectivity index (χ4v) is 6.03. The summed E-state index contributed by atoms with van der Waals surface area (Å²) >= 11 is 1.64. The lowest BCUT2D eigenvalue weighted by atomic mass is 9.72. The molecule has 3 aliphatic rings. The van der Waals surface area contributed by atoms with E-state index < -0.39 is 0 Å². The van der Waals surface area contributed by atoms with Gasteiger partial charge in [0.15, 0.2) is 5.13 Å². The van der Waals surface area contributed by atoms with Gasteiger partial charge in [0.05, 0.1) is 6.20 Å². The van der Waals surface area contributed by atoms with E-state index in [4.69, 9.17) is 0 Å². The summed E-state index contributed by atoms with van der Waals surface area (Å²) in [7, 11) is 0. The van der Waals surface area contributed by atoms with Crippen LogP contribution in [0.5, 0.6) is 0 Å². The molecule has 0 spiro atoms. The lowest BCUT2D eigenvalue weighted by molar-refractivity contribution is -0.156. The van der Waals surface area contributed by atoms with Crippen molar-refractivity contribution in [2.75, 3.05) is 24.5 Å². The number of carbonyl (C=O) groups is 2. The van der Waals surface area contributed by atoms with Crippen LogP contribution in [0.2, 0.25) is 0 Å². The standard InChI is InChI=1S/C20H26N6O2S/c27-17-3-1-2-16-14-8-15(12-25(11-14)20-22-6-7-29-20)18(26(16)17)19(28)21-5-4-13-9-23-24-10-13/h6-7,9-10,14-16,18H,1-5,8,11-12H2,(H,21,28)(H,23,24)/t14-,15+,16+,18-/m1/s1. The van der Waals surface area contributed by atoms with Crippen molar-refractivity contribution in [1.29, 1.82) is 0 Å². The number of fused-ring (bicyclic) bond motifs is 4. The predicted octanol–water partition coefficient (Wildman–Crippen LogP) is 1.43. The Labute approximate surface area is 173 Å². The van der Waals surface area contributed by atoms with Crippen molar-refractivity contribution in [2.45, 2.75) is 44.2 Å². The van der Waals surface area contributed by atoms with Crippen LogP contribution in [0.15, 0.2) is 24.0 Å². The highest BCUT2D eigenvalue weighted by Gasteiger charge is 2.52. The number of hydrogen-bond acceptors (Lipinski definition) is 6. The van der Waals surface area contributed by atoms with Gasteiger partial charge in [0.25, 0.3) is 0 Å². The average Bonchev–Trinajstić information content (AvgIpc) is 3.43. The number of nitrogens with zero attached hydrogens (tertiary/aromatic N) is 4. The van der Waals surface area contributed by atoms with Crippen LogP contribution in [0.25, 0.3) is 0 Å². The number of aromatic nitrogens is 3. The quantitative estimate of drug-likeness (QED) is 0.772. The molecule has 0 aromatic carbocycles. The van der Waals surface area contributed by atoms with Gasteiger partial charge in [0.2, 0.25) is 11.8 Å². The van der Waals surface area contributed by atoms with E-state index in [0.717, 1.165) is 49.5 Å². The SMILES string of the molecule is O=C(NCCc1cn[nH]c1)[C@H]1[C@H]2C[C@H](CN(c3nccs3)C2)[C@@H]2CCCC(=O)N21. The number of nitrogens with one attached hydrogen (secondary N) is 2. The summed E-state index contributed by atoms with van der Waals surface area (Å²) in [5, 5.41) is 12.9. The van der Waals surface area contributed by atoms with Crippen LogP contribution >= 0.6 is 11.3 Å². The van der Waals surface area contributed by atoms with Crippen LogP contribution in [-0.4, -0.2) is 63.6 Å². The Morgan fingerprint density at radius 1 is 1.34 bits per heavy atom. The molecule has 29 heavy (non-hydrogen) atoms. The molecule has 2 amide bonds. The van der Waals surface area contributed by atoms with Gasteiger partial charge in [-0.3, -0.25) is 14.7 Å². The normalized spacial score (nSPS) is 28.9. The molecule has 2 aromatic heterocycles. The van der Waals surface area contributed by atoms with Crippen molar-refractivity contribution in [3.05, 3.63) is 29.5 Å². The second-order valence-electron chi connectivity index (χ2n) is 8.33. The fourth-order valence-electron chi connectivity index (χ4n) is 5.37. The molecule has 154 valence electrons. The van der Waals surface area contributed by atoms with Crippen LogP contribution in [0.3, 0.4) is 0 Å². The van der Waals surface area contributed by atoms with Crippen LogP contribution in [0.1, 0.15) is 31.2 Å². The van der Waals surface area contributed by atoms with Crippen LogP contribution in [0, 0.1) is 11.8 Å². The zero-order chi connectivity index (χ0) is 19.8. The van der Waals surface area contributed by atoms with Crippen LogP contribution in [-0.2, 0) is 16.0 Å². The van der Waals surface area contributed by atoms with E-state index in [9.17, 15) is 9.59 Å². The lowest BCUT2D eigenvalue weighted by Crippen LogP contribution is -2.68. The molecule has 5 heterocycles. The number of amides is 2. The molecule has 9 heteroatoms. The summed E-state index contributed by atoms with van der Waals surface area (Å²) in [6.45, 7) is 2.25. The molecular weight excluding hydrogens is 388 g/mol. The third-order valence-corrected chi connectivity index (χ3v) is 7.40. The Bertz CT molecular complexity index is 854. The maximum absolute atomic E-state index is 13.3. The first-order valence-electron chi connectivity index (χ1n) is 10.4. The number of anilines is 1. The predicted molar refractivity (Wildman–Crippen MR) is 109 cm³/mol. The summed E-state index contributed by atoms with van der Waals surface area (Å²) in [4.78, 5) is 34.9. The van der Waals surface area contributed by atoms with Gasteiger partial charge in [-0.1, -0.05) is 0 Å². The lowest BCUT2D eigenvalue weighted by Gasteiger charge is -2.55. The van der Waals surface area contributed by atoms with E-state index in [1.165, 1.54) is 0 Å². The summed E-state index contributed by atoms with van der Waals surface area (Å²) in [5.41, 5.74) is 1.06. The smallest absolute Gasteiger partial charge is 0.243 e. The van der Waals surface area contributed by atoms with Crippen molar-refractivity contribution in [3.63, 3.8) is 0 Å². The van der Waals surface area contributed by atoms with E-state index in [1.807, 2.05) is 22.7 Å². The van der Waals surface area contributed by atoms with Gasteiger partial charge in [0.1, 0.15) is 6.04 Å². The van der Waals surface area contributed by atoms with Gasteiger partial charge in [-0.25, -0.2) is 4.98 Å². The number of H-pyrrole nitrogens is 1. The van der Waals surface area contributed by atoms with Gasteiger partial charge in [-0.2, -0.15) is 5.10 Å². The largest absolute Gasteiger partial charge is 0.354 e. The zero-order valence-corrected chi connectivity index (χ0v) is 17.1. The van der Waals surface area contributed by atoms with Gasteiger partial charge in [-0.15, -0.1) is 11.3 Å². The first kappa shape index (κ1) is 18.6. The molecule has 2 aromatic rings. The number of aromatic amines is 1. The summed E-state index contributed by atoms with van der Waals surface area (Å²) < 4.78 is 0. The minimum absolute atomic E-state index is 0.0156. The number of rotatable bonds is 5. The maximum atomic E-state index is 13.3. The van der Waals surface area contributed by atoms with Crippen molar-refractivity contribution < 1.29 is 9.59 Å². The van der Waals surface area contributed by atoms with Crippen LogP contribution in [0.4, 0.5) is 5.13 Å². The number of thiazole rings is 1. The third-order valence-electron chi connectivity index (χ3n) is 6.57. The van der Waals surface area contributed by atoms with E-state index in [2.05, 4.69) is 25.4 Å². The van der Waals surface area contributed by atoms with Crippen molar-refractivity contribution in [1.82, 2.24) is 25.4 Å². The highest BCUT2D eigenvalue weighted by atomic mass is 32.1. The molecular formula is C20H26N6O2S. The molecule has 0 saturated carbocycles. The fraction of sp³-hybridized carbons (Fsp3) is 0.600. The van der Waals surface area contributed by atoms with Gasteiger partial charge >= 0.3 is 0 Å². The van der Waals surface area contributed by atoms with Crippen molar-refractivity contribution in [3.8, 4) is 0 Å². The number of carbonyl (C=O) groups excluding carboxylic acids is 2. The number of piperidine rings is 3. The molecule has 0 unspecified atom stereocenters.